The van der Waals surface area contributed by atoms with Crippen LogP contribution in [0.25, 0.3) is 0 Å². The van der Waals surface area contributed by atoms with E-state index in [4.69, 9.17) is 0 Å². The number of sulfone groups is 1. The zero-order valence-electron chi connectivity index (χ0n) is 11.7. The first-order valence-corrected chi connectivity index (χ1v) is 9.06. The maximum atomic E-state index is 11.5. The second-order valence-electron chi connectivity index (χ2n) is 5.50. The van der Waals surface area contributed by atoms with Crippen molar-refractivity contribution < 1.29 is 8.42 Å². The van der Waals surface area contributed by atoms with Crippen molar-refractivity contribution in [2.45, 2.75) is 38.1 Å². The van der Waals surface area contributed by atoms with E-state index in [9.17, 15) is 8.42 Å². The summed E-state index contributed by atoms with van der Waals surface area (Å²) >= 11 is 0. The predicted molar refractivity (Wildman–Crippen MR) is 79.2 cm³/mol. The minimum absolute atomic E-state index is 0.101. The van der Waals surface area contributed by atoms with Crippen LogP contribution in [0, 0.1) is 0 Å². The average molecular weight is 281 g/mol. The summed E-state index contributed by atoms with van der Waals surface area (Å²) in [4.78, 5) is 0. The van der Waals surface area contributed by atoms with Crippen LogP contribution < -0.4 is 5.32 Å². The lowest BCUT2D eigenvalue weighted by Crippen LogP contribution is -2.27. The van der Waals surface area contributed by atoms with Crippen LogP contribution in [0.2, 0.25) is 0 Å². The third-order valence-corrected chi connectivity index (χ3v) is 4.77. The second-order valence-corrected chi connectivity index (χ2v) is 7.68. The van der Waals surface area contributed by atoms with E-state index in [0.717, 1.165) is 18.0 Å². The SMILES string of the molecule is CCNC(CS(C)(=O)=O)c1ccc(C2CCC2)cc1. The minimum atomic E-state index is -2.98. The zero-order chi connectivity index (χ0) is 13.9. The van der Waals surface area contributed by atoms with E-state index in [1.54, 1.807) is 0 Å². The van der Waals surface area contributed by atoms with E-state index in [0.29, 0.717) is 0 Å². The lowest BCUT2D eigenvalue weighted by atomic mass is 9.80. The highest BCUT2D eigenvalue weighted by atomic mass is 32.2. The summed E-state index contributed by atoms with van der Waals surface area (Å²) < 4.78 is 23.0. The summed E-state index contributed by atoms with van der Waals surface area (Å²) in [6, 6.07) is 8.37. The van der Waals surface area contributed by atoms with Gasteiger partial charge < -0.3 is 5.32 Å². The predicted octanol–water partition coefficient (Wildman–Crippen LogP) is 2.65. The fourth-order valence-electron chi connectivity index (χ4n) is 2.56. The molecule has 0 bridgehead atoms. The summed E-state index contributed by atoms with van der Waals surface area (Å²) in [6.07, 6.45) is 5.21. The Kier molecular flexibility index (Phi) is 4.63. The first kappa shape index (κ1) is 14.5. The zero-order valence-corrected chi connectivity index (χ0v) is 12.5. The lowest BCUT2D eigenvalue weighted by Gasteiger charge is -2.26. The molecule has 3 nitrogen and oxygen atoms in total. The number of rotatable bonds is 6. The third kappa shape index (κ3) is 4.05. The van der Waals surface area contributed by atoms with E-state index in [1.165, 1.54) is 31.1 Å². The van der Waals surface area contributed by atoms with Crippen LogP contribution in [0.5, 0.6) is 0 Å². The Hall–Kier alpha value is -0.870. The Balaban J connectivity index is 2.12. The van der Waals surface area contributed by atoms with E-state index < -0.39 is 9.84 Å². The van der Waals surface area contributed by atoms with Gasteiger partial charge in [0.15, 0.2) is 0 Å². The Morgan fingerprint density at radius 3 is 2.32 bits per heavy atom. The highest BCUT2D eigenvalue weighted by Gasteiger charge is 2.20. The summed E-state index contributed by atoms with van der Waals surface area (Å²) in [6.45, 7) is 2.77. The van der Waals surface area contributed by atoms with Crippen LogP contribution in [0.15, 0.2) is 24.3 Å². The molecule has 1 saturated carbocycles. The summed E-state index contributed by atoms with van der Waals surface area (Å²) in [7, 11) is -2.98. The van der Waals surface area contributed by atoms with Gasteiger partial charge in [-0.3, -0.25) is 0 Å². The van der Waals surface area contributed by atoms with Gasteiger partial charge in [0.2, 0.25) is 0 Å². The van der Waals surface area contributed by atoms with Crippen LogP contribution in [0.3, 0.4) is 0 Å². The van der Waals surface area contributed by atoms with Gasteiger partial charge in [-0.25, -0.2) is 8.42 Å². The molecule has 0 heterocycles. The molecule has 0 spiro atoms. The van der Waals surface area contributed by atoms with Crippen molar-refractivity contribution in [1.82, 2.24) is 5.32 Å². The van der Waals surface area contributed by atoms with Crippen LogP contribution in [0.1, 0.15) is 49.3 Å². The Labute approximate surface area is 116 Å². The Morgan fingerprint density at radius 2 is 1.89 bits per heavy atom. The van der Waals surface area contributed by atoms with Crippen LogP contribution in [-0.4, -0.2) is 27.0 Å². The molecule has 4 heteroatoms. The highest BCUT2D eigenvalue weighted by molar-refractivity contribution is 7.90. The summed E-state index contributed by atoms with van der Waals surface area (Å²) in [5, 5.41) is 3.25. The normalized spacial score (nSPS) is 18.0. The number of hydrogen-bond donors (Lipinski definition) is 1. The van der Waals surface area contributed by atoms with Gasteiger partial charge >= 0.3 is 0 Å². The van der Waals surface area contributed by atoms with Crippen LogP contribution >= 0.6 is 0 Å². The summed E-state index contributed by atoms with van der Waals surface area (Å²) in [5.74, 6) is 0.880. The molecule has 2 rings (SSSR count). The molecule has 19 heavy (non-hydrogen) atoms. The fourth-order valence-corrected chi connectivity index (χ4v) is 3.48. The van der Waals surface area contributed by atoms with Crippen molar-refractivity contribution in [3.8, 4) is 0 Å². The van der Waals surface area contributed by atoms with Crippen molar-refractivity contribution in [2.75, 3.05) is 18.6 Å². The van der Waals surface area contributed by atoms with Gasteiger partial charge in [-0.1, -0.05) is 37.6 Å². The molecule has 1 aromatic carbocycles. The van der Waals surface area contributed by atoms with Gasteiger partial charge in [-0.15, -0.1) is 0 Å². The summed E-state index contributed by atoms with van der Waals surface area (Å²) in [5.41, 5.74) is 2.46. The molecule has 0 aliphatic heterocycles. The first-order chi connectivity index (χ1) is 8.99. The molecule has 1 aliphatic carbocycles. The quantitative estimate of drug-likeness (QED) is 0.872. The molecular formula is C15H23NO2S. The van der Waals surface area contributed by atoms with E-state index >= 15 is 0 Å². The standard InChI is InChI=1S/C15H23NO2S/c1-3-16-15(11-19(2,17)18)14-9-7-13(8-10-14)12-5-4-6-12/h7-10,12,15-16H,3-6,11H2,1-2H3. The van der Waals surface area contributed by atoms with E-state index in [1.807, 2.05) is 6.92 Å². The van der Waals surface area contributed by atoms with Crippen molar-refractivity contribution in [1.29, 1.82) is 0 Å². The minimum Gasteiger partial charge on any atom is -0.309 e. The number of hydrogen-bond acceptors (Lipinski definition) is 3. The average Bonchev–Trinajstić information content (AvgIpc) is 2.25. The molecular weight excluding hydrogens is 258 g/mol. The largest absolute Gasteiger partial charge is 0.309 e. The topological polar surface area (TPSA) is 46.2 Å². The van der Waals surface area contributed by atoms with Crippen LogP contribution in [0.4, 0.5) is 0 Å². The van der Waals surface area contributed by atoms with Crippen LogP contribution in [-0.2, 0) is 9.84 Å². The molecule has 1 unspecified atom stereocenters. The van der Waals surface area contributed by atoms with Gasteiger partial charge in [0, 0.05) is 12.3 Å². The van der Waals surface area contributed by atoms with E-state index in [2.05, 4.69) is 29.6 Å². The molecule has 1 fully saturated rings. The van der Waals surface area contributed by atoms with Gasteiger partial charge in [-0.2, -0.15) is 0 Å². The number of benzene rings is 1. The highest BCUT2D eigenvalue weighted by Crippen LogP contribution is 2.36. The number of nitrogens with one attached hydrogen (secondary N) is 1. The van der Waals surface area contributed by atoms with Crippen molar-refractivity contribution >= 4 is 9.84 Å². The molecule has 1 atom stereocenters. The van der Waals surface area contributed by atoms with Crippen molar-refractivity contribution in [2.24, 2.45) is 0 Å². The fraction of sp³-hybridized carbons (Fsp3) is 0.600. The van der Waals surface area contributed by atoms with E-state index in [-0.39, 0.29) is 11.8 Å². The first-order valence-electron chi connectivity index (χ1n) is 7.00. The molecule has 0 saturated heterocycles. The van der Waals surface area contributed by atoms with Crippen molar-refractivity contribution in [3.63, 3.8) is 0 Å². The molecule has 0 amide bonds. The van der Waals surface area contributed by atoms with Gasteiger partial charge in [0.1, 0.15) is 9.84 Å². The molecule has 0 radical (unpaired) electrons. The maximum absolute atomic E-state index is 11.5. The van der Waals surface area contributed by atoms with Crippen molar-refractivity contribution in [3.05, 3.63) is 35.4 Å². The molecule has 0 aromatic heterocycles. The molecule has 1 aromatic rings. The maximum Gasteiger partial charge on any atom is 0.149 e. The third-order valence-electron chi connectivity index (χ3n) is 3.84. The molecule has 1 N–H and O–H groups in total. The van der Waals surface area contributed by atoms with Gasteiger partial charge in [-0.05, 0) is 36.4 Å². The second kappa shape index (κ2) is 6.06. The Morgan fingerprint density at radius 1 is 1.26 bits per heavy atom. The molecule has 1 aliphatic rings. The smallest absolute Gasteiger partial charge is 0.149 e. The molecule has 106 valence electrons. The monoisotopic (exact) mass is 281 g/mol. The van der Waals surface area contributed by atoms with Gasteiger partial charge in [0.05, 0.1) is 5.75 Å². The van der Waals surface area contributed by atoms with Gasteiger partial charge in [0.25, 0.3) is 0 Å². The lowest BCUT2D eigenvalue weighted by molar-refractivity contribution is 0.419. The Bertz CT molecular complexity index is 503.